The number of carbonyl (C=O) groups excluding carboxylic acids is 2. The molecule has 3 N–H and O–H groups in total. The van der Waals surface area contributed by atoms with Crippen LogP contribution in [0, 0.1) is 0 Å². The van der Waals surface area contributed by atoms with Crippen LogP contribution >= 0.6 is 0 Å². The van der Waals surface area contributed by atoms with Crippen LogP contribution in [0.1, 0.15) is 296 Å². The molecule has 0 aromatic carbocycles. The highest BCUT2D eigenvalue weighted by Gasteiger charge is 2.18. The Morgan fingerprint density at radius 1 is 0.422 bits per heavy atom. The third kappa shape index (κ3) is 49.5. The van der Waals surface area contributed by atoms with Crippen molar-refractivity contribution >= 4 is 11.9 Å². The third-order valence-electron chi connectivity index (χ3n) is 12.9. The van der Waals surface area contributed by atoms with Crippen molar-refractivity contribution in [1.82, 2.24) is 5.32 Å². The maximum Gasteiger partial charge on any atom is 0.305 e. The Morgan fingerprint density at radius 3 is 1.11 bits per heavy atom. The van der Waals surface area contributed by atoms with Crippen LogP contribution in [0.2, 0.25) is 0 Å². The topological polar surface area (TPSA) is 95.9 Å². The number of esters is 1. The number of aliphatic hydroxyl groups excluding tert-OH is 2. The third-order valence-corrected chi connectivity index (χ3v) is 12.9. The van der Waals surface area contributed by atoms with Gasteiger partial charge in [-0.15, -0.1) is 0 Å². The largest absolute Gasteiger partial charge is 0.466 e. The molecule has 2 unspecified atom stereocenters. The molecule has 0 aromatic rings. The summed E-state index contributed by atoms with van der Waals surface area (Å²) in [6, 6.07) is -0.640. The van der Waals surface area contributed by atoms with Crippen LogP contribution in [0.25, 0.3) is 0 Å². The minimum absolute atomic E-state index is 0.0120. The van der Waals surface area contributed by atoms with Crippen LogP contribution in [0.4, 0.5) is 0 Å². The van der Waals surface area contributed by atoms with Gasteiger partial charge in [0.05, 0.1) is 25.4 Å². The molecule has 0 aliphatic rings. The number of ether oxygens (including phenoxy) is 1. The lowest BCUT2D eigenvalue weighted by atomic mass is 10.0. The molecule has 64 heavy (non-hydrogen) atoms. The number of rotatable bonds is 52. The maximum atomic E-state index is 12.4. The molecule has 2 atom stereocenters. The molecule has 376 valence electrons. The van der Waals surface area contributed by atoms with Gasteiger partial charge in [-0.1, -0.05) is 237 Å². The number of nitrogens with one attached hydrogen (secondary N) is 1. The van der Waals surface area contributed by atoms with Crippen LogP contribution in [0.3, 0.4) is 0 Å². The number of amides is 1. The average Bonchev–Trinajstić information content (AvgIpc) is 3.29. The first-order chi connectivity index (χ1) is 31.5. The van der Waals surface area contributed by atoms with Gasteiger partial charge >= 0.3 is 5.97 Å². The van der Waals surface area contributed by atoms with E-state index in [-0.39, 0.29) is 18.5 Å². The van der Waals surface area contributed by atoms with E-state index in [1.807, 2.05) is 6.08 Å². The van der Waals surface area contributed by atoms with Gasteiger partial charge in [-0.05, 0) is 83.5 Å². The fourth-order valence-electron chi connectivity index (χ4n) is 8.50. The predicted octanol–water partition coefficient (Wildman–Crippen LogP) is 17.2. The summed E-state index contributed by atoms with van der Waals surface area (Å²) in [4.78, 5) is 24.5. The first kappa shape index (κ1) is 62.1. The van der Waals surface area contributed by atoms with E-state index in [0.29, 0.717) is 19.4 Å². The van der Waals surface area contributed by atoms with Crippen molar-refractivity contribution in [2.45, 2.75) is 309 Å². The molecular formula is C58H109NO5. The summed E-state index contributed by atoms with van der Waals surface area (Å²) >= 11 is 0. The smallest absolute Gasteiger partial charge is 0.305 e. The highest BCUT2D eigenvalue weighted by atomic mass is 16.5. The molecule has 0 rings (SSSR count). The number of allylic oxidation sites excluding steroid dienone is 5. The maximum absolute atomic E-state index is 12.4. The summed E-state index contributed by atoms with van der Waals surface area (Å²) < 4.78 is 5.46. The Bertz CT molecular complexity index is 1040. The van der Waals surface area contributed by atoms with Crippen LogP contribution in [0.15, 0.2) is 36.5 Å². The second-order valence-corrected chi connectivity index (χ2v) is 19.3. The van der Waals surface area contributed by atoms with Gasteiger partial charge in [-0.25, -0.2) is 0 Å². The Balaban J connectivity index is 3.50. The minimum Gasteiger partial charge on any atom is -0.466 e. The van der Waals surface area contributed by atoms with Crippen molar-refractivity contribution in [3.63, 3.8) is 0 Å². The minimum atomic E-state index is -0.855. The summed E-state index contributed by atoms with van der Waals surface area (Å²) in [5, 5.41) is 23.1. The standard InChI is InChI=1S/C58H109NO5/c1-3-5-7-9-11-13-15-17-19-23-26-30-34-38-42-46-50-56(61)55(54-60)59-57(62)51-47-43-39-35-31-27-24-20-21-25-29-33-37-41-45-49-53-64-58(63)52-48-44-40-36-32-28-22-18-16-14-12-10-8-6-4-2/h18,20,22,24,46,50,55-56,60-61H,3-17,19,21,23,25-45,47-49,51-54H2,1-2H3,(H,59,62)/b22-18-,24-20-,50-46+. The van der Waals surface area contributed by atoms with E-state index in [1.165, 1.54) is 205 Å². The van der Waals surface area contributed by atoms with E-state index >= 15 is 0 Å². The van der Waals surface area contributed by atoms with Crippen molar-refractivity contribution in [2.24, 2.45) is 0 Å². The van der Waals surface area contributed by atoms with Crippen molar-refractivity contribution in [2.75, 3.05) is 13.2 Å². The molecule has 0 fully saturated rings. The molecule has 6 heteroatoms. The summed E-state index contributed by atoms with van der Waals surface area (Å²) in [6.45, 7) is 4.87. The van der Waals surface area contributed by atoms with E-state index in [9.17, 15) is 19.8 Å². The normalized spacial score (nSPS) is 12.9. The van der Waals surface area contributed by atoms with Gasteiger partial charge < -0.3 is 20.3 Å². The van der Waals surface area contributed by atoms with Gasteiger partial charge in [-0.2, -0.15) is 0 Å². The average molecular weight is 901 g/mol. The molecular weight excluding hydrogens is 791 g/mol. The summed E-state index contributed by atoms with van der Waals surface area (Å²) in [7, 11) is 0. The van der Waals surface area contributed by atoms with E-state index in [2.05, 4.69) is 43.5 Å². The fourth-order valence-corrected chi connectivity index (χ4v) is 8.50. The van der Waals surface area contributed by atoms with E-state index in [4.69, 9.17) is 4.74 Å². The zero-order chi connectivity index (χ0) is 46.5. The lowest BCUT2D eigenvalue weighted by Crippen LogP contribution is -2.45. The van der Waals surface area contributed by atoms with Gasteiger partial charge in [0.1, 0.15) is 0 Å². The number of aliphatic hydroxyl groups is 2. The van der Waals surface area contributed by atoms with Crippen LogP contribution in [-0.4, -0.2) is 47.4 Å². The molecule has 0 saturated carbocycles. The number of hydrogen-bond donors (Lipinski definition) is 3. The van der Waals surface area contributed by atoms with Crippen LogP contribution in [-0.2, 0) is 14.3 Å². The van der Waals surface area contributed by atoms with Crippen molar-refractivity contribution in [1.29, 1.82) is 0 Å². The van der Waals surface area contributed by atoms with E-state index < -0.39 is 12.1 Å². The van der Waals surface area contributed by atoms with Gasteiger partial charge in [0, 0.05) is 12.8 Å². The Morgan fingerprint density at radius 2 is 0.734 bits per heavy atom. The van der Waals surface area contributed by atoms with E-state index in [0.717, 1.165) is 64.2 Å². The highest BCUT2D eigenvalue weighted by molar-refractivity contribution is 5.76. The number of hydrogen-bond acceptors (Lipinski definition) is 5. The molecule has 0 saturated heterocycles. The summed E-state index contributed by atoms with van der Waals surface area (Å²) in [5.41, 5.74) is 0. The summed E-state index contributed by atoms with van der Waals surface area (Å²) in [5.74, 6) is -0.0967. The molecule has 6 nitrogen and oxygen atoms in total. The molecule has 0 heterocycles. The Kier molecular flexibility index (Phi) is 52.1. The number of carbonyl (C=O) groups is 2. The van der Waals surface area contributed by atoms with Gasteiger partial charge in [0.15, 0.2) is 0 Å². The highest BCUT2D eigenvalue weighted by Crippen LogP contribution is 2.16. The predicted molar refractivity (Wildman–Crippen MR) is 278 cm³/mol. The van der Waals surface area contributed by atoms with Crippen LogP contribution in [0.5, 0.6) is 0 Å². The summed E-state index contributed by atoms with van der Waals surface area (Å²) in [6.07, 6.45) is 65.8. The zero-order valence-corrected chi connectivity index (χ0v) is 42.8. The second-order valence-electron chi connectivity index (χ2n) is 19.3. The quantitative estimate of drug-likeness (QED) is 0.0321. The zero-order valence-electron chi connectivity index (χ0n) is 42.8. The second kappa shape index (κ2) is 53.7. The monoisotopic (exact) mass is 900 g/mol. The first-order valence-electron chi connectivity index (χ1n) is 28.3. The lowest BCUT2D eigenvalue weighted by Gasteiger charge is -2.20. The van der Waals surface area contributed by atoms with Crippen molar-refractivity contribution in [3.05, 3.63) is 36.5 Å². The Hall–Kier alpha value is -1.92. The van der Waals surface area contributed by atoms with Gasteiger partial charge in [-0.3, -0.25) is 9.59 Å². The molecule has 0 aliphatic heterocycles. The van der Waals surface area contributed by atoms with Gasteiger partial charge in [0.2, 0.25) is 5.91 Å². The molecule has 0 aliphatic carbocycles. The van der Waals surface area contributed by atoms with Crippen molar-refractivity contribution in [3.8, 4) is 0 Å². The van der Waals surface area contributed by atoms with Crippen molar-refractivity contribution < 1.29 is 24.5 Å². The SMILES string of the molecule is CCCCCCCC/C=C\CCCCCCCC(=O)OCCCCCCCCC/C=C\CCCCCCCC(=O)NC(CO)C(O)/C=C/CCCCCCCCCCCCCCCC. The molecule has 0 aromatic heterocycles. The Labute approximate surface area is 398 Å². The van der Waals surface area contributed by atoms with Gasteiger partial charge in [0.25, 0.3) is 0 Å². The van der Waals surface area contributed by atoms with Crippen LogP contribution < -0.4 is 5.32 Å². The molecule has 0 spiro atoms. The number of unbranched alkanes of at least 4 members (excludes halogenated alkanes) is 37. The van der Waals surface area contributed by atoms with E-state index in [1.54, 1.807) is 6.08 Å². The lowest BCUT2D eigenvalue weighted by molar-refractivity contribution is -0.143. The molecule has 0 radical (unpaired) electrons. The first-order valence-corrected chi connectivity index (χ1v) is 28.3. The fraction of sp³-hybridized carbons (Fsp3) is 0.862. The molecule has 0 bridgehead atoms. The molecule has 1 amide bonds.